The molecule has 2 aliphatic heterocycles. The largest absolute Gasteiger partial charge is 0.337 e. The number of amides is 2. The van der Waals surface area contributed by atoms with Crippen LogP contribution in [0.25, 0.3) is 0 Å². The number of piperazine rings is 1. The second kappa shape index (κ2) is 5.15. The van der Waals surface area contributed by atoms with Gasteiger partial charge in [-0.05, 0) is 18.9 Å². The molecule has 1 aromatic carbocycles. The topological polar surface area (TPSA) is 66.6 Å². The van der Waals surface area contributed by atoms with Crippen molar-refractivity contribution >= 4 is 11.8 Å². The zero-order valence-electron chi connectivity index (χ0n) is 12.3. The van der Waals surface area contributed by atoms with Gasteiger partial charge in [-0.15, -0.1) is 0 Å². The van der Waals surface area contributed by atoms with Crippen molar-refractivity contribution in [2.24, 2.45) is 5.73 Å². The van der Waals surface area contributed by atoms with E-state index in [4.69, 9.17) is 5.73 Å². The van der Waals surface area contributed by atoms with E-state index in [1.165, 1.54) is 0 Å². The second-order valence-electron chi connectivity index (χ2n) is 6.10. The fraction of sp³-hybridized carbons (Fsp3) is 0.500. The Hall–Kier alpha value is -1.88. The third-order valence-electron chi connectivity index (χ3n) is 4.60. The van der Waals surface area contributed by atoms with Crippen molar-refractivity contribution in [3.8, 4) is 0 Å². The van der Waals surface area contributed by atoms with Crippen LogP contribution in [-0.4, -0.2) is 47.3 Å². The normalized spacial score (nSPS) is 24.7. The molecule has 0 spiro atoms. The molecule has 2 fully saturated rings. The lowest BCUT2D eigenvalue weighted by Crippen LogP contribution is -2.59. The molecule has 5 heteroatoms. The molecular weight excluding hydrogens is 266 g/mol. The van der Waals surface area contributed by atoms with Crippen LogP contribution in [0.3, 0.4) is 0 Å². The zero-order valence-corrected chi connectivity index (χ0v) is 12.3. The summed E-state index contributed by atoms with van der Waals surface area (Å²) in [5.41, 5.74) is 6.10. The minimum Gasteiger partial charge on any atom is -0.337 e. The molecule has 3 rings (SSSR count). The Balaban J connectivity index is 1.75. The third kappa shape index (κ3) is 2.42. The van der Waals surface area contributed by atoms with Gasteiger partial charge in [0.1, 0.15) is 5.54 Å². The van der Waals surface area contributed by atoms with E-state index in [2.05, 4.69) is 0 Å². The molecule has 5 nitrogen and oxygen atoms in total. The molecule has 0 saturated carbocycles. The number of nitrogens with two attached hydrogens (primary N) is 1. The van der Waals surface area contributed by atoms with Crippen LogP contribution in [0.1, 0.15) is 25.3 Å². The Morgan fingerprint density at radius 1 is 1.29 bits per heavy atom. The molecule has 112 valence electrons. The highest BCUT2D eigenvalue weighted by molar-refractivity contribution is 5.87. The molecule has 1 aromatic rings. The minimum atomic E-state index is -1.02. The standard InChI is InChI=1S/C16H21N3O2/c1-16(17,12-5-3-2-4-6-12)15(21)18-9-10-19-13(11-18)7-8-14(19)20/h2-6,13H,7-11,17H2,1H3. The van der Waals surface area contributed by atoms with Crippen LogP contribution in [-0.2, 0) is 15.1 Å². The number of hydrogen-bond acceptors (Lipinski definition) is 3. The summed E-state index contributed by atoms with van der Waals surface area (Å²) in [6.45, 7) is 3.56. The molecule has 0 aromatic heterocycles. The van der Waals surface area contributed by atoms with E-state index in [1.54, 1.807) is 6.92 Å². The average molecular weight is 287 g/mol. The number of benzene rings is 1. The molecule has 2 unspecified atom stereocenters. The number of carbonyl (C=O) groups is 2. The van der Waals surface area contributed by atoms with Crippen LogP contribution >= 0.6 is 0 Å². The fourth-order valence-electron chi connectivity index (χ4n) is 3.29. The predicted octanol–water partition coefficient (Wildman–Crippen LogP) is 0.694. The summed E-state index contributed by atoms with van der Waals surface area (Å²) in [7, 11) is 0. The minimum absolute atomic E-state index is 0.0623. The lowest BCUT2D eigenvalue weighted by Gasteiger charge is -2.40. The van der Waals surface area contributed by atoms with Gasteiger partial charge >= 0.3 is 0 Å². The van der Waals surface area contributed by atoms with Crippen molar-refractivity contribution in [2.45, 2.75) is 31.3 Å². The van der Waals surface area contributed by atoms with Gasteiger partial charge in [0.25, 0.3) is 0 Å². The van der Waals surface area contributed by atoms with Crippen molar-refractivity contribution < 1.29 is 9.59 Å². The van der Waals surface area contributed by atoms with Gasteiger partial charge in [-0.3, -0.25) is 9.59 Å². The molecule has 2 heterocycles. The molecule has 2 saturated heterocycles. The van der Waals surface area contributed by atoms with Crippen LogP contribution in [0.2, 0.25) is 0 Å². The highest BCUT2D eigenvalue weighted by Gasteiger charge is 2.41. The van der Waals surface area contributed by atoms with Gasteiger partial charge in [0, 0.05) is 32.1 Å². The van der Waals surface area contributed by atoms with Crippen LogP contribution in [0.4, 0.5) is 0 Å². The monoisotopic (exact) mass is 287 g/mol. The number of rotatable bonds is 2. The SMILES string of the molecule is CC(N)(C(=O)N1CCN2C(=O)CCC2C1)c1ccccc1. The Bertz CT molecular complexity index is 556. The Morgan fingerprint density at radius 3 is 2.71 bits per heavy atom. The summed E-state index contributed by atoms with van der Waals surface area (Å²) in [5.74, 6) is 0.151. The smallest absolute Gasteiger partial charge is 0.247 e. The van der Waals surface area contributed by atoms with Gasteiger partial charge in [0.2, 0.25) is 11.8 Å². The third-order valence-corrected chi connectivity index (χ3v) is 4.60. The summed E-state index contributed by atoms with van der Waals surface area (Å²) in [5, 5.41) is 0. The molecule has 21 heavy (non-hydrogen) atoms. The summed E-state index contributed by atoms with van der Waals surface area (Å²) < 4.78 is 0. The van der Waals surface area contributed by atoms with Crippen LogP contribution in [0.5, 0.6) is 0 Å². The zero-order chi connectivity index (χ0) is 15.0. The lowest BCUT2D eigenvalue weighted by atomic mass is 9.91. The molecule has 0 radical (unpaired) electrons. The Morgan fingerprint density at radius 2 is 2.00 bits per heavy atom. The highest BCUT2D eigenvalue weighted by atomic mass is 16.2. The summed E-state index contributed by atoms with van der Waals surface area (Å²) in [6.07, 6.45) is 1.44. The maximum atomic E-state index is 12.8. The maximum Gasteiger partial charge on any atom is 0.247 e. The van der Waals surface area contributed by atoms with Crippen molar-refractivity contribution in [2.75, 3.05) is 19.6 Å². The van der Waals surface area contributed by atoms with Crippen molar-refractivity contribution in [1.29, 1.82) is 0 Å². The van der Waals surface area contributed by atoms with Crippen molar-refractivity contribution in [3.05, 3.63) is 35.9 Å². The van der Waals surface area contributed by atoms with E-state index in [9.17, 15) is 9.59 Å². The van der Waals surface area contributed by atoms with E-state index in [1.807, 2.05) is 40.1 Å². The predicted molar refractivity (Wildman–Crippen MR) is 79.3 cm³/mol. The van der Waals surface area contributed by atoms with Crippen LogP contribution < -0.4 is 5.73 Å². The van der Waals surface area contributed by atoms with E-state index < -0.39 is 5.54 Å². The van der Waals surface area contributed by atoms with Crippen molar-refractivity contribution in [1.82, 2.24) is 9.80 Å². The van der Waals surface area contributed by atoms with Gasteiger partial charge in [-0.25, -0.2) is 0 Å². The van der Waals surface area contributed by atoms with E-state index >= 15 is 0 Å². The fourth-order valence-corrected chi connectivity index (χ4v) is 3.29. The van der Waals surface area contributed by atoms with Crippen molar-refractivity contribution in [3.63, 3.8) is 0 Å². The molecule has 2 amide bonds. The number of carbonyl (C=O) groups excluding carboxylic acids is 2. The molecule has 0 aliphatic carbocycles. The second-order valence-corrected chi connectivity index (χ2v) is 6.10. The van der Waals surface area contributed by atoms with E-state index in [0.717, 1.165) is 12.0 Å². The molecule has 0 bridgehead atoms. The molecule has 2 atom stereocenters. The number of fused-ring (bicyclic) bond motifs is 1. The van der Waals surface area contributed by atoms with E-state index in [-0.39, 0.29) is 17.9 Å². The first kappa shape index (κ1) is 14.1. The van der Waals surface area contributed by atoms with Gasteiger partial charge in [-0.2, -0.15) is 0 Å². The van der Waals surface area contributed by atoms with Gasteiger partial charge < -0.3 is 15.5 Å². The average Bonchev–Trinajstić information content (AvgIpc) is 2.88. The maximum absolute atomic E-state index is 12.8. The summed E-state index contributed by atoms with van der Waals surface area (Å²) in [6, 6.07) is 9.62. The van der Waals surface area contributed by atoms with Crippen LogP contribution in [0.15, 0.2) is 30.3 Å². The molecule has 2 N–H and O–H groups in total. The molecule has 2 aliphatic rings. The van der Waals surface area contributed by atoms with Crippen LogP contribution in [0, 0.1) is 0 Å². The van der Waals surface area contributed by atoms with Gasteiger partial charge in [-0.1, -0.05) is 30.3 Å². The summed E-state index contributed by atoms with van der Waals surface area (Å²) in [4.78, 5) is 28.2. The summed E-state index contributed by atoms with van der Waals surface area (Å²) >= 11 is 0. The number of hydrogen-bond donors (Lipinski definition) is 1. The first-order valence-electron chi connectivity index (χ1n) is 7.43. The lowest BCUT2D eigenvalue weighted by molar-refractivity contribution is -0.143. The highest BCUT2D eigenvalue weighted by Crippen LogP contribution is 2.26. The van der Waals surface area contributed by atoms with Gasteiger partial charge in [0.15, 0.2) is 0 Å². The van der Waals surface area contributed by atoms with E-state index in [0.29, 0.717) is 26.1 Å². The molecular formula is C16H21N3O2. The van der Waals surface area contributed by atoms with Gasteiger partial charge in [0.05, 0.1) is 0 Å². The first-order chi connectivity index (χ1) is 10.00. The quantitative estimate of drug-likeness (QED) is 0.870. The Kier molecular flexibility index (Phi) is 3.45. The Labute approximate surface area is 124 Å². The number of nitrogens with zero attached hydrogens (tertiary/aromatic N) is 2. The first-order valence-corrected chi connectivity index (χ1v) is 7.43.